The van der Waals surface area contributed by atoms with Gasteiger partial charge in [0.05, 0.1) is 7.11 Å². The topological polar surface area (TPSA) is 29.5 Å². The van der Waals surface area contributed by atoms with Crippen LogP contribution < -0.4 is 4.74 Å². The van der Waals surface area contributed by atoms with Gasteiger partial charge in [0.15, 0.2) is 0 Å². The molecule has 3 nitrogen and oxygen atoms in total. The Kier molecular flexibility index (Phi) is 3.47. The Hall–Kier alpha value is -1.77. The number of carbonyl (C=O) groups excluding carboxylic acids is 1. The zero-order valence-electron chi connectivity index (χ0n) is 10.1. The molecule has 1 aliphatic heterocycles. The molecule has 1 aromatic carbocycles. The summed E-state index contributed by atoms with van der Waals surface area (Å²) in [4.78, 5) is 13.7. The molecule has 1 aliphatic rings. The van der Waals surface area contributed by atoms with Gasteiger partial charge < -0.3 is 9.64 Å². The van der Waals surface area contributed by atoms with Crippen molar-refractivity contribution in [3.63, 3.8) is 0 Å². The second-order valence-electron chi connectivity index (χ2n) is 4.28. The highest BCUT2D eigenvalue weighted by Gasteiger charge is 2.21. The van der Waals surface area contributed by atoms with Gasteiger partial charge in [0.25, 0.3) is 0 Å². The first kappa shape index (κ1) is 11.7. The van der Waals surface area contributed by atoms with Crippen molar-refractivity contribution in [3.8, 4) is 5.75 Å². The number of carbonyl (C=O) groups is 1. The lowest BCUT2D eigenvalue weighted by atomic mass is 10.0. The van der Waals surface area contributed by atoms with E-state index in [4.69, 9.17) is 4.74 Å². The molecular formula is C14H17NO2. The number of amides is 1. The van der Waals surface area contributed by atoms with Crippen LogP contribution in [-0.4, -0.2) is 24.5 Å². The molecule has 0 aliphatic carbocycles. The largest absolute Gasteiger partial charge is 0.497 e. The molecule has 1 amide bonds. The average molecular weight is 231 g/mol. The summed E-state index contributed by atoms with van der Waals surface area (Å²) in [7, 11) is 1.65. The van der Waals surface area contributed by atoms with Gasteiger partial charge in [-0.05, 0) is 30.5 Å². The van der Waals surface area contributed by atoms with Crippen molar-refractivity contribution in [3.05, 3.63) is 42.0 Å². The molecule has 0 N–H and O–H groups in total. The quantitative estimate of drug-likeness (QED) is 0.747. The van der Waals surface area contributed by atoms with Crippen LogP contribution in [-0.2, 0) is 11.3 Å². The van der Waals surface area contributed by atoms with Crippen LogP contribution in [0.2, 0.25) is 0 Å². The second-order valence-corrected chi connectivity index (χ2v) is 4.28. The Bertz CT molecular complexity index is 422. The zero-order chi connectivity index (χ0) is 12.3. The summed E-state index contributed by atoms with van der Waals surface area (Å²) >= 11 is 0. The molecule has 0 unspecified atom stereocenters. The molecule has 2 rings (SSSR count). The molecule has 0 atom stereocenters. The predicted molar refractivity (Wildman–Crippen MR) is 66.8 cm³/mol. The van der Waals surface area contributed by atoms with E-state index < -0.39 is 0 Å². The zero-order valence-corrected chi connectivity index (χ0v) is 10.1. The molecule has 17 heavy (non-hydrogen) atoms. The molecule has 0 spiro atoms. The molecule has 1 saturated heterocycles. The molecule has 1 fully saturated rings. The molecule has 0 saturated carbocycles. The van der Waals surface area contributed by atoms with E-state index in [9.17, 15) is 4.79 Å². The molecule has 0 bridgehead atoms. The van der Waals surface area contributed by atoms with Gasteiger partial charge in [-0.1, -0.05) is 18.7 Å². The molecule has 0 aromatic heterocycles. The number of hydrogen-bond acceptors (Lipinski definition) is 2. The van der Waals surface area contributed by atoms with Crippen LogP contribution in [0.3, 0.4) is 0 Å². The van der Waals surface area contributed by atoms with E-state index in [1.807, 2.05) is 29.2 Å². The molecule has 90 valence electrons. The maximum absolute atomic E-state index is 11.9. The van der Waals surface area contributed by atoms with Gasteiger partial charge >= 0.3 is 0 Å². The summed E-state index contributed by atoms with van der Waals surface area (Å²) in [5, 5.41) is 0. The van der Waals surface area contributed by atoms with E-state index >= 15 is 0 Å². The van der Waals surface area contributed by atoms with Crippen LogP contribution in [0, 0.1) is 0 Å². The third-order valence-electron chi connectivity index (χ3n) is 3.03. The lowest BCUT2D eigenvalue weighted by molar-refractivity contribution is -0.129. The van der Waals surface area contributed by atoms with E-state index in [-0.39, 0.29) is 5.91 Å². The average Bonchev–Trinajstić information content (AvgIpc) is 2.36. The van der Waals surface area contributed by atoms with Crippen LogP contribution >= 0.6 is 0 Å². The molecule has 1 aromatic rings. The minimum atomic E-state index is 0.0899. The van der Waals surface area contributed by atoms with Crippen LogP contribution in [0.5, 0.6) is 5.75 Å². The number of benzene rings is 1. The van der Waals surface area contributed by atoms with Gasteiger partial charge in [-0.25, -0.2) is 0 Å². The summed E-state index contributed by atoms with van der Waals surface area (Å²) < 4.78 is 5.10. The van der Waals surface area contributed by atoms with Crippen molar-refractivity contribution in [2.45, 2.75) is 19.4 Å². The van der Waals surface area contributed by atoms with Crippen molar-refractivity contribution >= 4 is 5.91 Å². The van der Waals surface area contributed by atoms with Crippen LogP contribution in [0.15, 0.2) is 36.4 Å². The molecule has 0 radical (unpaired) electrons. The Labute approximate surface area is 102 Å². The fourth-order valence-electron chi connectivity index (χ4n) is 2.02. The molecule has 1 heterocycles. The third-order valence-corrected chi connectivity index (χ3v) is 3.03. The van der Waals surface area contributed by atoms with E-state index in [0.29, 0.717) is 6.54 Å². The monoisotopic (exact) mass is 231 g/mol. The van der Waals surface area contributed by atoms with Crippen molar-refractivity contribution in [2.24, 2.45) is 0 Å². The molecular weight excluding hydrogens is 214 g/mol. The summed E-state index contributed by atoms with van der Waals surface area (Å²) in [6, 6.07) is 7.81. The Morgan fingerprint density at radius 2 is 2.06 bits per heavy atom. The van der Waals surface area contributed by atoms with Gasteiger partial charge in [0.2, 0.25) is 5.91 Å². The van der Waals surface area contributed by atoms with Crippen molar-refractivity contribution < 1.29 is 9.53 Å². The van der Waals surface area contributed by atoms with Gasteiger partial charge in [-0.2, -0.15) is 0 Å². The second kappa shape index (κ2) is 5.04. The first-order valence-electron chi connectivity index (χ1n) is 5.80. The van der Waals surface area contributed by atoms with Gasteiger partial charge in [0.1, 0.15) is 5.75 Å². The van der Waals surface area contributed by atoms with Crippen LogP contribution in [0.1, 0.15) is 18.4 Å². The fourth-order valence-corrected chi connectivity index (χ4v) is 2.02. The maximum Gasteiger partial charge on any atom is 0.249 e. The minimum absolute atomic E-state index is 0.0899. The van der Waals surface area contributed by atoms with Crippen LogP contribution in [0.4, 0.5) is 0 Å². The van der Waals surface area contributed by atoms with E-state index in [0.717, 1.165) is 36.3 Å². The van der Waals surface area contributed by atoms with Gasteiger partial charge in [-0.15, -0.1) is 0 Å². The summed E-state index contributed by atoms with van der Waals surface area (Å²) in [6.07, 6.45) is 1.85. The first-order chi connectivity index (χ1) is 8.20. The number of hydrogen-bond donors (Lipinski definition) is 0. The highest BCUT2D eigenvalue weighted by molar-refractivity contribution is 5.93. The van der Waals surface area contributed by atoms with E-state index in [1.165, 1.54) is 0 Å². The number of likely N-dealkylation sites (tertiary alicyclic amines) is 1. The normalized spacial score (nSPS) is 16.2. The SMILES string of the molecule is C=C1CCCN(Cc2ccc(OC)cc2)C1=O. The first-order valence-corrected chi connectivity index (χ1v) is 5.80. The maximum atomic E-state index is 11.9. The Balaban J connectivity index is 2.04. The van der Waals surface area contributed by atoms with Crippen molar-refractivity contribution in [1.29, 1.82) is 0 Å². The van der Waals surface area contributed by atoms with Crippen LogP contribution in [0.25, 0.3) is 0 Å². The highest BCUT2D eigenvalue weighted by Crippen LogP contribution is 2.19. The van der Waals surface area contributed by atoms with E-state index in [1.54, 1.807) is 7.11 Å². The third kappa shape index (κ3) is 2.67. The lowest BCUT2D eigenvalue weighted by Crippen LogP contribution is -2.35. The van der Waals surface area contributed by atoms with Crippen molar-refractivity contribution in [2.75, 3.05) is 13.7 Å². The van der Waals surface area contributed by atoms with E-state index in [2.05, 4.69) is 6.58 Å². The van der Waals surface area contributed by atoms with Gasteiger partial charge in [-0.3, -0.25) is 4.79 Å². The number of ether oxygens (including phenoxy) is 1. The summed E-state index contributed by atoms with van der Waals surface area (Å²) in [6.45, 7) is 5.28. The fraction of sp³-hybridized carbons (Fsp3) is 0.357. The Morgan fingerprint density at radius 1 is 1.35 bits per heavy atom. The minimum Gasteiger partial charge on any atom is -0.497 e. The summed E-state index contributed by atoms with van der Waals surface area (Å²) in [5.74, 6) is 0.926. The standard InChI is InChI=1S/C14H17NO2/c1-11-4-3-9-15(14(11)16)10-12-5-7-13(17-2)8-6-12/h5-8H,1,3-4,9-10H2,2H3. The lowest BCUT2D eigenvalue weighted by Gasteiger charge is -2.28. The number of piperidine rings is 1. The number of rotatable bonds is 3. The predicted octanol–water partition coefficient (Wildman–Crippen LogP) is 2.37. The molecule has 3 heteroatoms. The highest BCUT2D eigenvalue weighted by atomic mass is 16.5. The van der Waals surface area contributed by atoms with Gasteiger partial charge in [0, 0.05) is 18.7 Å². The van der Waals surface area contributed by atoms with Crippen molar-refractivity contribution in [1.82, 2.24) is 4.90 Å². The number of nitrogens with zero attached hydrogens (tertiary/aromatic N) is 1. The Morgan fingerprint density at radius 3 is 2.71 bits per heavy atom. The summed E-state index contributed by atoms with van der Waals surface area (Å²) in [5.41, 5.74) is 1.85. The number of methoxy groups -OCH3 is 1. The smallest absolute Gasteiger partial charge is 0.249 e.